The number of piperazine rings is 1. The standard InChI is InChI=1S/C21H19Cl2N3O/c1-25-8-10-26(11-9-25)21(27)16-13-20(14-6-7-17(22)18(23)12-14)24-19-5-3-2-4-15(16)19/h2-7,12-13H,8-11H2,1H3. The van der Waals surface area contributed by atoms with E-state index in [4.69, 9.17) is 28.2 Å². The largest absolute Gasteiger partial charge is 0.336 e. The molecule has 1 aliphatic heterocycles. The number of aromatic nitrogens is 1. The normalized spacial score (nSPS) is 15.3. The van der Waals surface area contributed by atoms with E-state index in [2.05, 4.69) is 11.9 Å². The molecule has 0 saturated carbocycles. The Morgan fingerprint density at radius 2 is 1.70 bits per heavy atom. The molecule has 4 rings (SSSR count). The van der Waals surface area contributed by atoms with Gasteiger partial charge in [-0.25, -0.2) is 4.98 Å². The number of pyridine rings is 1. The second-order valence-electron chi connectivity index (χ2n) is 6.80. The molecule has 1 amide bonds. The molecule has 2 aromatic carbocycles. The number of likely N-dealkylation sites (N-methyl/N-ethyl adjacent to an activating group) is 1. The van der Waals surface area contributed by atoms with Gasteiger partial charge in [0.1, 0.15) is 0 Å². The van der Waals surface area contributed by atoms with Gasteiger partial charge in [0.25, 0.3) is 5.91 Å². The van der Waals surface area contributed by atoms with E-state index in [1.807, 2.05) is 41.3 Å². The minimum atomic E-state index is 0.0445. The third kappa shape index (κ3) is 3.65. The van der Waals surface area contributed by atoms with Gasteiger partial charge in [-0.15, -0.1) is 0 Å². The van der Waals surface area contributed by atoms with E-state index in [0.29, 0.717) is 21.3 Å². The van der Waals surface area contributed by atoms with Gasteiger partial charge in [-0.3, -0.25) is 4.79 Å². The molecular formula is C21H19Cl2N3O. The average Bonchev–Trinajstić information content (AvgIpc) is 2.69. The Kier molecular flexibility index (Phi) is 5.04. The molecule has 6 heteroatoms. The Morgan fingerprint density at radius 1 is 0.963 bits per heavy atom. The summed E-state index contributed by atoms with van der Waals surface area (Å²) in [7, 11) is 2.08. The highest BCUT2D eigenvalue weighted by Crippen LogP contribution is 2.30. The summed E-state index contributed by atoms with van der Waals surface area (Å²) in [6, 6.07) is 15.0. The smallest absolute Gasteiger partial charge is 0.254 e. The number of carbonyl (C=O) groups excluding carboxylic acids is 1. The van der Waals surface area contributed by atoms with Crippen molar-refractivity contribution in [3.05, 3.63) is 64.1 Å². The van der Waals surface area contributed by atoms with Crippen molar-refractivity contribution in [3.8, 4) is 11.3 Å². The van der Waals surface area contributed by atoms with Gasteiger partial charge in [-0.1, -0.05) is 47.5 Å². The van der Waals surface area contributed by atoms with Crippen LogP contribution in [0.1, 0.15) is 10.4 Å². The topological polar surface area (TPSA) is 36.4 Å². The fourth-order valence-corrected chi connectivity index (χ4v) is 3.63. The van der Waals surface area contributed by atoms with E-state index in [9.17, 15) is 4.79 Å². The highest BCUT2D eigenvalue weighted by atomic mass is 35.5. The maximum absolute atomic E-state index is 13.3. The summed E-state index contributed by atoms with van der Waals surface area (Å²) in [4.78, 5) is 22.1. The molecule has 0 unspecified atom stereocenters. The summed E-state index contributed by atoms with van der Waals surface area (Å²) in [6.07, 6.45) is 0. The lowest BCUT2D eigenvalue weighted by Gasteiger charge is -2.32. The van der Waals surface area contributed by atoms with Gasteiger partial charge in [0, 0.05) is 37.1 Å². The summed E-state index contributed by atoms with van der Waals surface area (Å²) in [5.74, 6) is 0.0445. The lowest BCUT2D eigenvalue weighted by atomic mass is 10.0. The van der Waals surface area contributed by atoms with Gasteiger partial charge in [0.15, 0.2) is 0 Å². The molecule has 4 nitrogen and oxygen atoms in total. The van der Waals surface area contributed by atoms with Crippen molar-refractivity contribution in [3.63, 3.8) is 0 Å². The SMILES string of the molecule is CN1CCN(C(=O)c2cc(-c3ccc(Cl)c(Cl)c3)nc3ccccc23)CC1. The van der Waals surface area contributed by atoms with E-state index in [1.165, 1.54) is 0 Å². The minimum absolute atomic E-state index is 0.0445. The van der Waals surface area contributed by atoms with Gasteiger partial charge in [0.05, 0.1) is 26.8 Å². The Morgan fingerprint density at radius 3 is 2.44 bits per heavy atom. The molecule has 1 aliphatic rings. The van der Waals surface area contributed by atoms with Crippen LogP contribution < -0.4 is 0 Å². The van der Waals surface area contributed by atoms with E-state index in [1.54, 1.807) is 12.1 Å². The van der Waals surface area contributed by atoms with Crippen molar-refractivity contribution in [1.82, 2.24) is 14.8 Å². The average molecular weight is 400 g/mol. The molecule has 0 radical (unpaired) electrons. The lowest BCUT2D eigenvalue weighted by molar-refractivity contribution is 0.0666. The van der Waals surface area contributed by atoms with Gasteiger partial charge >= 0.3 is 0 Å². The number of benzene rings is 2. The molecule has 3 aromatic rings. The zero-order valence-electron chi connectivity index (χ0n) is 15.0. The van der Waals surface area contributed by atoms with Crippen LogP contribution in [0.4, 0.5) is 0 Å². The van der Waals surface area contributed by atoms with Crippen LogP contribution in [0.5, 0.6) is 0 Å². The van der Waals surface area contributed by atoms with Crippen LogP contribution in [0.3, 0.4) is 0 Å². The van der Waals surface area contributed by atoms with Crippen LogP contribution in [0.15, 0.2) is 48.5 Å². The van der Waals surface area contributed by atoms with E-state index < -0.39 is 0 Å². The van der Waals surface area contributed by atoms with Gasteiger partial charge in [-0.2, -0.15) is 0 Å². The number of amides is 1. The lowest BCUT2D eigenvalue weighted by Crippen LogP contribution is -2.47. The maximum Gasteiger partial charge on any atom is 0.254 e. The molecule has 138 valence electrons. The minimum Gasteiger partial charge on any atom is -0.336 e. The third-order valence-electron chi connectivity index (χ3n) is 4.95. The summed E-state index contributed by atoms with van der Waals surface area (Å²) < 4.78 is 0. The van der Waals surface area contributed by atoms with Crippen molar-refractivity contribution in [2.75, 3.05) is 33.2 Å². The van der Waals surface area contributed by atoms with Crippen molar-refractivity contribution in [2.45, 2.75) is 0 Å². The van der Waals surface area contributed by atoms with E-state index >= 15 is 0 Å². The quantitative estimate of drug-likeness (QED) is 0.631. The number of halogens is 2. The Bertz CT molecular complexity index is 1010. The first-order valence-electron chi connectivity index (χ1n) is 8.86. The maximum atomic E-state index is 13.3. The van der Waals surface area contributed by atoms with Crippen molar-refractivity contribution >= 4 is 40.0 Å². The van der Waals surface area contributed by atoms with Crippen molar-refractivity contribution in [1.29, 1.82) is 0 Å². The highest BCUT2D eigenvalue weighted by Gasteiger charge is 2.23. The van der Waals surface area contributed by atoms with Crippen LogP contribution in [0.2, 0.25) is 10.0 Å². The summed E-state index contributed by atoms with van der Waals surface area (Å²) in [5, 5.41) is 1.83. The molecule has 1 saturated heterocycles. The van der Waals surface area contributed by atoms with Crippen LogP contribution in [-0.4, -0.2) is 53.9 Å². The number of nitrogens with zero attached hydrogens (tertiary/aromatic N) is 3. The van der Waals surface area contributed by atoms with Gasteiger partial charge in [0.2, 0.25) is 0 Å². The summed E-state index contributed by atoms with van der Waals surface area (Å²) in [5.41, 5.74) is 3.01. The fraction of sp³-hybridized carbons (Fsp3) is 0.238. The third-order valence-corrected chi connectivity index (χ3v) is 5.69. The first-order valence-corrected chi connectivity index (χ1v) is 9.61. The molecule has 0 aliphatic carbocycles. The molecule has 1 fully saturated rings. The Balaban J connectivity index is 1.81. The molecule has 0 atom stereocenters. The van der Waals surface area contributed by atoms with Crippen LogP contribution in [0, 0.1) is 0 Å². The predicted molar refractivity (Wildman–Crippen MR) is 111 cm³/mol. The molecule has 27 heavy (non-hydrogen) atoms. The number of para-hydroxylation sites is 1. The monoisotopic (exact) mass is 399 g/mol. The number of hydrogen-bond donors (Lipinski definition) is 0. The summed E-state index contributed by atoms with van der Waals surface area (Å²) >= 11 is 12.2. The fourth-order valence-electron chi connectivity index (χ4n) is 3.34. The van der Waals surface area contributed by atoms with E-state index in [0.717, 1.165) is 42.6 Å². The predicted octanol–water partition coefficient (Wildman–Crippen LogP) is 4.60. The molecule has 0 spiro atoms. The molecular weight excluding hydrogens is 381 g/mol. The first kappa shape index (κ1) is 18.2. The van der Waals surface area contributed by atoms with E-state index in [-0.39, 0.29) is 5.91 Å². The molecule has 1 aromatic heterocycles. The van der Waals surface area contributed by atoms with Crippen molar-refractivity contribution in [2.24, 2.45) is 0 Å². The second-order valence-corrected chi connectivity index (χ2v) is 7.61. The van der Waals surface area contributed by atoms with Crippen molar-refractivity contribution < 1.29 is 4.79 Å². The van der Waals surface area contributed by atoms with Crippen LogP contribution in [0.25, 0.3) is 22.2 Å². The molecule has 0 N–H and O–H groups in total. The van der Waals surface area contributed by atoms with Crippen LogP contribution >= 0.6 is 23.2 Å². The number of fused-ring (bicyclic) bond motifs is 1. The number of carbonyl (C=O) groups is 1. The van der Waals surface area contributed by atoms with Crippen LogP contribution in [-0.2, 0) is 0 Å². The first-order chi connectivity index (χ1) is 13.0. The van der Waals surface area contributed by atoms with Gasteiger partial charge < -0.3 is 9.80 Å². The van der Waals surface area contributed by atoms with Gasteiger partial charge in [-0.05, 0) is 31.3 Å². The zero-order valence-corrected chi connectivity index (χ0v) is 16.5. The second kappa shape index (κ2) is 7.47. The Hall–Kier alpha value is -2.14. The summed E-state index contributed by atoms with van der Waals surface area (Å²) in [6.45, 7) is 3.23. The molecule has 2 heterocycles. The number of rotatable bonds is 2. The highest BCUT2D eigenvalue weighted by molar-refractivity contribution is 6.42. The molecule has 0 bridgehead atoms. The zero-order chi connectivity index (χ0) is 19.0. The number of hydrogen-bond acceptors (Lipinski definition) is 3. The Labute approximate surface area is 168 Å².